The fourth-order valence-electron chi connectivity index (χ4n) is 6.69. The number of hydrogen-bond acceptors (Lipinski definition) is 4. The quantitative estimate of drug-likeness (QED) is 0.369. The van der Waals surface area contributed by atoms with E-state index in [0.717, 1.165) is 43.2 Å². The van der Waals surface area contributed by atoms with Crippen molar-refractivity contribution in [1.29, 1.82) is 0 Å². The lowest BCUT2D eigenvalue weighted by molar-refractivity contribution is -0.123. The second kappa shape index (κ2) is 10.1. The minimum absolute atomic E-state index is 0.0644. The van der Waals surface area contributed by atoms with Crippen LogP contribution in [0.5, 0.6) is 5.75 Å². The summed E-state index contributed by atoms with van der Waals surface area (Å²) in [5.74, 6) is 1.43. The van der Waals surface area contributed by atoms with Crippen molar-refractivity contribution in [2.45, 2.75) is 69.9 Å². The van der Waals surface area contributed by atoms with Crippen molar-refractivity contribution in [3.63, 3.8) is 0 Å². The second-order valence-corrected chi connectivity index (χ2v) is 10.6. The van der Waals surface area contributed by atoms with Gasteiger partial charge in [-0.3, -0.25) is 9.69 Å². The number of amides is 1. The van der Waals surface area contributed by atoms with Crippen LogP contribution in [0.1, 0.15) is 79.3 Å². The van der Waals surface area contributed by atoms with Gasteiger partial charge in [0.05, 0.1) is 25.9 Å². The molecule has 36 heavy (non-hydrogen) atoms. The fourth-order valence-corrected chi connectivity index (χ4v) is 6.69. The monoisotopic (exact) mass is 484 g/mol. The Morgan fingerprint density at radius 2 is 1.97 bits per heavy atom. The third kappa shape index (κ3) is 4.43. The van der Waals surface area contributed by atoms with Gasteiger partial charge in [0.25, 0.3) is 5.91 Å². The molecule has 1 unspecified atom stereocenters. The summed E-state index contributed by atoms with van der Waals surface area (Å²) >= 11 is 0. The van der Waals surface area contributed by atoms with Gasteiger partial charge in [0, 0.05) is 29.7 Å². The SMILES string of the molecule is COc1cccc(/C=N/NC(=O)CN2CCn3c4c(c5cc(C6CCCCC6)ccc53)CCCC42)c1. The Hall–Kier alpha value is -3.12. The maximum Gasteiger partial charge on any atom is 0.254 e. The molecule has 1 aromatic heterocycles. The van der Waals surface area contributed by atoms with E-state index < -0.39 is 0 Å². The van der Waals surface area contributed by atoms with Crippen molar-refractivity contribution in [1.82, 2.24) is 14.9 Å². The minimum Gasteiger partial charge on any atom is -0.497 e. The number of carbonyl (C=O) groups excluding carboxylic acids is 1. The van der Waals surface area contributed by atoms with Crippen LogP contribution < -0.4 is 10.2 Å². The molecule has 0 spiro atoms. The number of hydrazone groups is 1. The Balaban J connectivity index is 1.19. The molecule has 0 bridgehead atoms. The number of benzene rings is 2. The standard InChI is InChI=1S/C30H36N4O2/c1-36-24-10-5-7-21(17-24)19-31-32-29(35)20-33-15-16-34-27-14-13-23(22-8-3-2-4-9-22)18-26(27)25-11-6-12-28(33)30(25)34/h5,7,10,13-14,17-19,22,28H,2-4,6,8-9,11-12,15-16,20H2,1H3,(H,32,35)/b31-19+. The number of rotatable bonds is 6. The summed E-state index contributed by atoms with van der Waals surface area (Å²) < 4.78 is 7.80. The summed E-state index contributed by atoms with van der Waals surface area (Å²) in [4.78, 5) is 15.2. The largest absolute Gasteiger partial charge is 0.497 e. The molecule has 1 N–H and O–H groups in total. The molecule has 0 saturated heterocycles. The zero-order valence-electron chi connectivity index (χ0n) is 21.2. The highest BCUT2D eigenvalue weighted by atomic mass is 16.5. The first-order valence-corrected chi connectivity index (χ1v) is 13.6. The fraction of sp³-hybridized carbons (Fsp3) is 0.467. The van der Waals surface area contributed by atoms with E-state index >= 15 is 0 Å². The average Bonchev–Trinajstić information content (AvgIpc) is 3.25. The molecule has 0 radical (unpaired) electrons. The molecule has 2 aliphatic carbocycles. The number of aryl methyl sites for hydroxylation is 1. The number of aromatic nitrogens is 1. The van der Waals surface area contributed by atoms with Gasteiger partial charge in [-0.15, -0.1) is 0 Å². The molecule has 2 heterocycles. The zero-order valence-corrected chi connectivity index (χ0v) is 21.2. The summed E-state index contributed by atoms with van der Waals surface area (Å²) in [6.07, 6.45) is 11.9. The molecular formula is C30H36N4O2. The predicted molar refractivity (Wildman–Crippen MR) is 144 cm³/mol. The Kier molecular flexibility index (Phi) is 6.53. The lowest BCUT2D eigenvalue weighted by Gasteiger charge is -2.39. The number of nitrogens with one attached hydrogen (secondary N) is 1. The number of nitrogens with zero attached hydrogens (tertiary/aromatic N) is 3. The van der Waals surface area contributed by atoms with Gasteiger partial charge in [0.1, 0.15) is 5.75 Å². The number of fused-ring (bicyclic) bond motifs is 3. The van der Waals surface area contributed by atoms with Gasteiger partial charge in [-0.2, -0.15) is 5.10 Å². The van der Waals surface area contributed by atoms with Crippen LogP contribution in [-0.4, -0.2) is 41.8 Å². The predicted octanol–water partition coefficient (Wildman–Crippen LogP) is 5.54. The maximum atomic E-state index is 12.8. The van der Waals surface area contributed by atoms with Crippen LogP contribution in [0.2, 0.25) is 0 Å². The van der Waals surface area contributed by atoms with Crippen LogP contribution in [0.3, 0.4) is 0 Å². The molecule has 1 atom stereocenters. The van der Waals surface area contributed by atoms with E-state index in [2.05, 4.69) is 38.2 Å². The smallest absolute Gasteiger partial charge is 0.254 e. The molecule has 1 aliphatic heterocycles. The Bertz CT molecular complexity index is 1290. The van der Waals surface area contributed by atoms with E-state index in [9.17, 15) is 4.79 Å². The topological polar surface area (TPSA) is 58.9 Å². The lowest BCUT2D eigenvalue weighted by Crippen LogP contribution is -2.44. The normalized spacial score (nSPS) is 20.5. The number of carbonyl (C=O) groups is 1. The number of methoxy groups -OCH3 is 1. The molecule has 3 aromatic rings. The molecule has 1 fully saturated rings. The van der Waals surface area contributed by atoms with E-state index in [1.54, 1.807) is 13.3 Å². The molecule has 1 amide bonds. The molecule has 6 nitrogen and oxygen atoms in total. The Labute approximate surface area is 213 Å². The van der Waals surface area contributed by atoms with Crippen molar-refractivity contribution in [3.8, 4) is 5.75 Å². The number of hydrogen-bond donors (Lipinski definition) is 1. The Morgan fingerprint density at radius 1 is 1.08 bits per heavy atom. The van der Waals surface area contributed by atoms with E-state index in [1.165, 1.54) is 66.2 Å². The van der Waals surface area contributed by atoms with Gasteiger partial charge in [-0.25, -0.2) is 5.43 Å². The third-order valence-corrected chi connectivity index (χ3v) is 8.43. The summed E-state index contributed by atoms with van der Waals surface area (Å²) in [6.45, 7) is 2.19. The van der Waals surface area contributed by atoms with E-state index in [0.29, 0.717) is 12.6 Å². The lowest BCUT2D eigenvalue weighted by atomic mass is 9.83. The maximum absolute atomic E-state index is 12.8. The average molecular weight is 485 g/mol. The second-order valence-electron chi connectivity index (χ2n) is 10.6. The van der Waals surface area contributed by atoms with Crippen molar-refractivity contribution < 1.29 is 9.53 Å². The van der Waals surface area contributed by atoms with Gasteiger partial charge in [0.2, 0.25) is 0 Å². The minimum atomic E-state index is -0.0644. The number of ether oxygens (including phenoxy) is 1. The van der Waals surface area contributed by atoms with Crippen molar-refractivity contribution in [2.75, 3.05) is 20.2 Å². The van der Waals surface area contributed by atoms with E-state index in [4.69, 9.17) is 4.74 Å². The van der Waals surface area contributed by atoms with Gasteiger partial charge >= 0.3 is 0 Å². The van der Waals surface area contributed by atoms with Crippen LogP contribution in [0, 0.1) is 0 Å². The first kappa shape index (κ1) is 23.3. The van der Waals surface area contributed by atoms with Crippen LogP contribution >= 0.6 is 0 Å². The summed E-state index contributed by atoms with van der Waals surface area (Å²) in [5.41, 5.74) is 9.52. The van der Waals surface area contributed by atoms with Crippen molar-refractivity contribution >= 4 is 23.0 Å². The molecule has 6 heteroatoms. The highest BCUT2D eigenvalue weighted by molar-refractivity contribution is 5.87. The summed E-state index contributed by atoms with van der Waals surface area (Å²) in [6, 6.07) is 15.2. The molecule has 2 aromatic carbocycles. The molecule has 1 saturated carbocycles. The Morgan fingerprint density at radius 3 is 2.83 bits per heavy atom. The van der Waals surface area contributed by atoms with Crippen LogP contribution in [0.15, 0.2) is 47.6 Å². The van der Waals surface area contributed by atoms with E-state index in [1.807, 2.05) is 24.3 Å². The summed E-state index contributed by atoms with van der Waals surface area (Å²) in [5, 5.41) is 5.65. The molecule has 6 rings (SSSR count). The van der Waals surface area contributed by atoms with Crippen molar-refractivity contribution in [3.05, 3.63) is 64.8 Å². The molecule has 3 aliphatic rings. The highest BCUT2D eigenvalue weighted by Gasteiger charge is 2.35. The first-order valence-electron chi connectivity index (χ1n) is 13.6. The summed E-state index contributed by atoms with van der Waals surface area (Å²) in [7, 11) is 1.64. The highest BCUT2D eigenvalue weighted by Crippen LogP contribution is 2.44. The van der Waals surface area contributed by atoms with E-state index in [-0.39, 0.29) is 5.91 Å². The molecular weight excluding hydrogens is 448 g/mol. The van der Waals surface area contributed by atoms with Crippen LogP contribution in [0.4, 0.5) is 0 Å². The first-order chi connectivity index (χ1) is 17.7. The van der Waals surface area contributed by atoms with Gasteiger partial charge in [0.15, 0.2) is 0 Å². The van der Waals surface area contributed by atoms with Crippen molar-refractivity contribution in [2.24, 2.45) is 5.10 Å². The third-order valence-electron chi connectivity index (χ3n) is 8.43. The van der Waals surface area contributed by atoms with Crippen LogP contribution in [0.25, 0.3) is 10.9 Å². The van der Waals surface area contributed by atoms with Gasteiger partial charge < -0.3 is 9.30 Å². The zero-order chi connectivity index (χ0) is 24.5. The van der Waals surface area contributed by atoms with Gasteiger partial charge in [-0.1, -0.05) is 37.5 Å². The van der Waals surface area contributed by atoms with Gasteiger partial charge in [-0.05, 0) is 79.0 Å². The molecule has 188 valence electrons. The van der Waals surface area contributed by atoms with Crippen LogP contribution in [-0.2, 0) is 17.8 Å².